The molecule has 0 amide bonds. The van der Waals surface area contributed by atoms with Gasteiger partial charge in [0.1, 0.15) is 0 Å². The molecule has 1 rings (SSSR count). The molecular formula is C8H18N2O. The van der Waals surface area contributed by atoms with Gasteiger partial charge in [-0.15, -0.1) is 0 Å². The number of aliphatic hydroxyl groups is 1. The van der Waals surface area contributed by atoms with Crippen molar-refractivity contribution >= 4 is 0 Å². The average molecular weight is 158 g/mol. The van der Waals surface area contributed by atoms with Crippen LogP contribution in [0.1, 0.15) is 12.8 Å². The van der Waals surface area contributed by atoms with Gasteiger partial charge in [-0.05, 0) is 40.0 Å². The van der Waals surface area contributed by atoms with Crippen molar-refractivity contribution in [2.45, 2.75) is 18.4 Å². The van der Waals surface area contributed by atoms with E-state index in [4.69, 9.17) is 0 Å². The van der Waals surface area contributed by atoms with Crippen LogP contribution in [0.15, 0.2) is 0 Å². The van der Waals surface area contributed by atoms with Gasteiger partial charge >= 0.3 is 0 Å². The van der Waals surface area contributed by atoms with Crippen LogP contribution in [0, 0.1) is 0 Å². The normalized spacial score (nSPS) is 24.0. The first-order valence-corrected chi connectivity index (χ1v) is 4.20. The fourth-order valence-corrected chi connectivity index (χ4v) is 1.64. The number of piperidine rings is 1. The molecule has 0 aromatic carbocycles. The third-order valence-electron chi connectivity index (χ3n) is 2.78. The number of hydrogen-bond donors (Lipinski definition) is 2. The fourth-order valence-electron chi connectivity index (χ4n) is 1.64. The molecule has 1 heterocycles. The Hall–Kier alpha value is -0.120. The first-order chi connectivity index (χ1) is 5.21. The van der Waals surface area contributed by atoms with E-state index in [1.54, 1.807) is 0 Å². The molecule has 0 saturated carbocycles. The van der Waals surface area contributed by atoms with Gasteiger partial charge in [0.2, 0.25) is 0 Å². The summed E-state index contributed by atoms with van der Waals surface area (Å²) in [5, 5.41) is 12.5. The van der Waals surface area contributed by atoms with Gasteiger partial charge in [-0.1, -0.05) is 0 Å². The molecule has 0 radical (unpaired) electrons. The first kappa shape index (κ1) is 8.97. The van der Waals surface area contributed by atoms with Crippen LogP contribution >= 0.6 is 0 Å². The zero-order valence-corrected chi connectivity index (χ0v) is 7.43. The van der Waals surface area contributed by atoms with Crippen LogP contribution in [-0.2, 0) is 0 Å². The van der Waals surface area contributed by atoms with E-state index in [0.717, 1.165) is 25.9 Å². The zero-order chi connectivity index (χ0) is 8.32. The molecule has 0 aromatic rings. The molecule has 0 aromatic heterocycles. The molecule has 1 fully saturated rings. The second-order valence-electron chi connectivity index (χ2n) is 3.53. The van der Waals surface area contributed by atoms with E-state index in [-0.39, 0.29) is 12.1 Å². The van der Waals surface area contributed by atoms with Crippen LogP contribution in [0.25, 0.3) is 0 Å². The monoisotopic (exact) mass is 158 g/mol. The Morgan fingerprint density at radius 3 is 2.18 bits per heavy atom. The number of hydrogen-bond acceptors (Lipinski definition) is 3. The minimum Gasteiger partial charge on any atom is -0.394 e. The lowest BCUT2D eigenvalue weighted by Gasteiger charge is -2.41. The van der Waals surface area contributed by atoms with Crippen LogP contribution in [0.2, 0.25) is 0 Å². The summed E-state index contributed by atoms with van der Waals surface area (Å²) in [7, 11) is 4.09. The van der Waals surface area contributed by atoms with Crippen molar-refractivity contribution in [3.63, 3.8) is 0 Å². The predicted molar refractivity (Wildman–Crippen MR) is 45.6 cm³/mol. The van der Waals surface area contributed by atoms with E-state index in [1.807, 2.05) is 14.1 Å². The average Bonchev–Trinajstić information content (AvgIpc) is 2.05. The highest BCUT2D eigenvalue weighted by Gasteiger charge is 2.32. The van der Waals surface area contributed by atoms with Crippen LogP contribution in [0.5, 0.6) is 0 Å². The van der Waals surface area contributed by atoms with E-state index in [0.29, 0.717) is 0 Å². The van der Waals surface area contributed by atoms with E-state index in [9.17, 15) is 5.11 Å². The summed E-state index contributed by atoms with van der Waals surface area (Å²) >= 11 is 0. The quantitative estimate of drug-likeness (QED) is 0.577. The largest absolute Gasteiger partial charge is 0.394 e. The standard InChI is InChI=1S/C8H18N2O/c1-10(2)8(7-11)3-5-9-6-4-8/h9,11H,3-7H2,1-2H3. The highest BCUT2D eigenvalue weighted by atomic mass is 16.3. The molecule has 66 valence electrons. The van der Waals surface area contributed by atoms with Crippen molar-refractivity contribution in [2.75, 3.05) is 33.8 Å². The van der Waals surface area contributed by atoms with Gasteiger partial charge in [0.25, 0.3) is 0 Å². The van der Waals surface area contributed by atoms with Gasteiger partial charge in [0, 0.05) is 5.54 Å². The molecule has 3 heteroatoms. The SMILES string of the molecule is CN(C)C1(CO)CCNCC1. The molecule has 3 nitrogen and oxygen atoms in total. The summed E-state index contributed by atoms with van der Waals surface area (Å²) in [6.07, 6.45) is 2.10. The summed E-state index contributed by atoms with van der Waals surface area (Å²) < 4.78 is 0. The lowest BCUT2D eigenvalue weighted by molar-refractivity contribution is 0.0413. The minimum absolute atomic E-state index is 0.0469. The second kappa shape index (κ2) is 3.52. The van der Waals surface area contributed by atoms with Gasteiger partial charge in [-0.2, -0.15) is 0 Å². The Labute approximate surface area is 68.4 Å². The Balaban J connectivity index is 2.57. The predicted octanol–water partition coefficient (Wildman–Crippen LogP) is -0.338. The number of nitrogens with zero attached hydrogens (tertiary/aromatic N) is 1. The van der Waals surface area contributed by atoms with Crippen LogP contribution in [0.3, 0.4) is 0 Å². The van der Waals surface area contributed by atoms with Gasteiger partial charge in [-0.3, -0.25) is 0 Å². The smallest absolute Gasteiger partial charge is 0.0616 e. The summed E-state index contributed by atoms with van der Waals surface area (Å²) in [6, 6.07) is 0. The number of likely N-dealkylation sites (N-methyl/N-ethyl adjacent to an activating group) is 1. The Kier molecular flexibility index (Phi) is 2.87. The highest BCUT2D eigenvalue weighted by Crippen LogP contribution is 2.22. The van der Waals surface area contributed by atoms with Gasteiger partial charge < -0.3 is 15.3 Å². The van der Waals surface area contributed by atoms with Gasteiger partial charge in [-0.25, -0.2) is 0 Å². The topological polar surface area (TPSA) is 35.5 Å². The molecule has 1 saturated heterocycles. The number of rotatable bonds is 2. The Morgan fingerprint density at radius 2 is 1.91 bits per heavy atom. The van der Waals surface area contributed by atoms with E-state index in [1.165, 1.54) is 0 Å². The summed E-state index contributed by atoms with van der Waals surface area (Å²) in [6.45, 7) is 2.33. The minimum atomic E-state index is 0.0469. The zero-order valence-electron chi connectivity index (χ0n) is 7.43. The van der Waals surface area contributed by atoms with Crippen molar-refractivity contribution in [1.82, 2.24) is 10.2 Å². The molecule has 1 aliphatic heterocycles. The van der Waals surface area contributed by atoms with Crippen molar-refractivity contribution in [3.8, 4) is 0 Å². The van der Waals surface area contributed by atoms with Gasteiger partial charge in [0.15, 0.2) is 0 Å². The van der Waals surface area contributed by atoms with Crippen molar-refractivity contribution in [2.24, 2.45) is 0 Å². The summed E-state index contributed by atoms with van der Waals surface area (Å²) in [5.74, 6) is 0. The second-order valence-corrected chi connectivity index (χ2v) is 3.53. The molecule has 1 aliphatic rings. The van der Waals surface area contributed by atoms with Crippen molar-refractivity contribution in [1.29, 1.82) is 0 Å². The molecule has 0 unspecified atom stereocenters. The van der Waals surface area contributed by atoms with Crippen molar-refractivity contribution < 1.29 is 5.11 Å². The molecule has 2 N–H and O–H groups in total. The fraction of sp³-hybridized carbons (Fsp3) is 1.00. The van der Waals surface area contributed by atoms with E-state index < -0.39 is 0 Å². The number of nitrogens with one attached hydrogen (secondary N) is 1. The lowest BCUT2D eigenvalue weighted by Crippen LogP contribution is -2.54. The summed E-state index contributed by atoms with van der Waals surface area (Å²) in [4.78, 5) is 2.15. The van der Waals surface area contributed by atoms with Crippen LogP contribution in [0.4, 0.5) is 0 Å². The summed E-state index contributed by atoms with van der Waals surface area (Å²) in [5.41, 5.74) is 0.0469. The maximum Gasteiger partial charge on any atom is 0.0616 e. The van der Waals surface area contributed by atoms with E-state index >= 15 is 0 Å². The lowest BCUT2D eigenvalue weighted by atomic mass is 9.88. The highest BCUT2D eigenvalue weighted by molar-refractivity contribution is 4.91. The molecule has 0 aliphatic carbocycles. The van der Waals surface area contributed by atoms with Gasteiger partial charge in [0.05, 0.1) is 6.61 Å². The van der Waals surface area contributed by atoms with Crippen LogP contribution < -0.4 is 5.32 Å². The third kappa shape index (κ3) is 1.72. The Bertz CT molecular complexity index is 119. The molecule has 0 bridgehead atoms. The van der Waals surface area contributed by atoms with Crippen LogP contribution in [-0.4, -0.2) is 49.3 Å². The van der Waals surface area contributed by atoms with Crippen molar-refractivity contribution in [3.05, 3.63) is 0 Å². The molecule has 0 spiro atoms. The molecular weight excluding hydrogens is 140 g/mol. The number of aliphatic hydroxyl groups excluding tert-OH is 1. The Morgan fingerprint density at radius 1 is 1.36 bits per heavy atom. The molecule has 0 atom stereocenters. The van der Waals surface area contributed by atoms with E-state index in [2.05, 4.69) is 10.2 Å². The first-order valence-electron chi connectivity index (χ1n) is 4.20. The molecule has 11 heavy (non-hydrogen) atoms. The maximum atomic E-state index is 9.24. The maximum absolute atomic E-state index is 9.24. The third-order valence-corrected chi connectivity index (χ3v) is 2.78.